The lowest BCUT2D eigenvalue weighted by molar-refractivity contribution is -0.128. The minimum atomic E-state index is -0.639. The number of amides is 2. The number of carbonyl (C=O) groups excluding carboxylic acids is 3. The van der Waals surface area contributed by atoms with Crippen LogP contribution < -0.4 is 0 Å². The number of fused-ring (bicyclic) bond motifs is 1. The maximum Gasteiger partial charge on any atom is 0.410 e. The number of para-hydroxylation sites is 1. The van der Waals surface area contributed by atoms with Crippen molar-refractivity contribution in [1.29, 1.82) is 0 Å². The zero-order valence-electron chi connectivity index (χ0n) is 25.9. The third-order valence-electron chi connectivity index (χ3n) is 8.30. The van der Waals surface area contributed by atoms with Crippen molar-refractivity contribution in [2.75, 3.05) is 13.1 Å². The molecule has 2 aliphatic rings. The number of nitrogens with zero attached hydrogens (tertiary/aromatic N) is 3. The van der Waals surface area contributed by atoms with Crippen LogP contribution in [0.25, 0.3) is 27.6 Å². The highest BCUT2D eigenvalue weighted by Gasteiger charge is 2.38. The van der Waals surface area contributed by atoms with Gasteiger partial charge in [0, 0.05) is 43.2 Å². The molecule has 0 spiro atoms. The van der Waals surface area contributed by atoms with Gasteiger partial charge in [0.25, 0.3) is 5.91 Å². The van der Waals surface area contributed by atoms with Gasteiger partial charge in [-0.1, -0.05) is 66.7 Å². The van der Waals surface area contributed by atoms with E-state index in [2.05, 4.69) is 30.3 Å². The fourth-order valence-corrected chi connectivity index (χ4v) is 6.02. The first-order valence-electron chi connectivity index (χ1n) is 15.4. The molecule has 6 rings (SSSR count). The summed E-state index contributed by atoms with van der Waals surface area (Å²) in [6.45, 7) is 8.13. The first-order chi connectivity index (χ1) is 21.1. The Labute approximate surface area is 258 Å². The summed E-state index contributed by atoms with van der Waals surface area (Å²) < 4.78 is 7.37. The molecule has 0 unspecified atom stereocenters. The Hall–Kier alpha value is -4.65. The van der Waals surface area contributed by atoms with Crippen LogP contribution in [0.5, 0.6) is 0 Å². The van der Waals surface area contributed by atoms with Crippen molar-refractivity contribution in [3.05, 3.63) is 102 Å². The van der Waals surface area contributed by atoms with Crippen LogP contribution in [-0.2, 0) is 16.1 Å². The van der Waals surface area contributed by atoms with Crippen molar-refractivity contribution in [3.63, 3.8) is 0 Å². The van der Waals surface area contributed by atoms with Crippen molar-refractivity contribution in [3.8, 4) is 11.1 Å². The number of rotatable bonds is 6. The van der Waals surface area contributed by atoms with Crippen LogP contribution in [0.3, 0.4) is 0 Å². The molecule has 4 aromatic rings. The molecule has 0 N–H and O–H groups in total. The van der Waals surface area contributed by atoms with E-state index in [0.717, 1.165) is 51.6 Å². The normalized spacial score (nSPS) is 15.4. The first-order valence-corrected chi connectivity index (χ1v) is 15.4. The number of hydrogen-bond donors (Lipinski definition) is 0. The second kappa shape index (κ2) is 11.8. The summed E-state index contributed by atoms with van der Waals surface area (Å²) in [7, 11) is 0. The van der Waals surface area contributed by atoms with Gasteiger partial charge in [-0.25, -0.2) is 4.79 Å². The lowest BCUT2D eigenvalue weighted by atomic mass is 9.90. The molecule has 0 atom stereocenters. The molecule has 2 heterocycles. The van der Waals surface area contributed by atoms with Crippen LogP contribution in [0.4, 0.5) is 4.79 Å². The van der Waals surface area contributed by atoms with Gasteiger partial charge in [-0.05, 0) is 80.0 Å². The highest BCUT2D eigenvalue weighted by molar-refractivity contribution is 6.03. The lowest BCUT2D eigenvalue weighted by Gasteiger charge is -2.34. The average Bonchev–Trinajstić information content (AvgIpc) is 3.79. The molecular formula is C37H39N3O4. The summed E-state index contributed by atoms with van der Waals surface area (Å²) >= 11 is 0. The number of aromatic nitrogens is 1. The molecule has 1 aromatic heterocycles. The molecule has 0 bridgehead atoms. The van der Waals surface area contributed by atoms with Crippen LogP contribution in [0.15, 0.2) is 90.6 Å². The Morgan fingerprint density at radius 3 is 2.27 bits per heavy atom. The van der Waals surface area contributed by atoms with Gasteiger partial charge in [0.1, 0.15) is 5.60 Å². The van der Waals surface area contributed by atoms with E-state index in [1.54, 1.807) is 16.4 Å². The lowest BCUT2D eigenvalue weighted by Crippen LogP contribution is -2.44. The van der Waals surface area contributed by atoms with Gasteiger partial charge >= 0.3 is 6.09 Å². The summed E-state index contributed by atoms with van der Waals surface area (Å²) in [4.78, 5) is 43.9. The van der Waals surface area contributed by atoms with Crippen molar-refractivity contribution in [2.45, 2.75) is 65.1 Å². The monoisotopic (exact) mass is 589 g/mol. The molecule has 0 saturated heterocycles. The van der Waals surface area contributed by atoms with Crippen molar-refractivity contribution in [2.24, 2.45) is 0 Å². The topological polar surface area (TPSA) is 71.9 Å². The van der Waals surface area contributed by atoms with Crippen molar-refractivity contribution < 1.29 is 19.1 Å². The Kier molecular flexibility index (Phi) is 7.89. The summed E-state index contributed by atoms with van der Waals surface area (Å²) in [5.41, 5.74) is 5.89. The fraction of sp³-hybridized carbons (Fsp3) is 0.324. The average molecular weight is 590 g/mol. The summed E-state index contributed by atoms with van der Waals surface area (Å²) in [6, 6.07) is 26.4. The van der Waals surface area contributed by atoms with Gasteiger partial charge in [-0.2, -0.15) is 0 Å². The number of hydrogen-bond acceptors (Lipinski definition) is 4. The van der Waals surface area contributed by atoms with E-state index < -0.39 is 11.7 Å². The number of ether oxygens (including phenoxy) is 1. The van der Waals surface area contributed by atoms with Gasteiger partial charge in [-0.3, -0.25) is 14.2 Å². The second-order valence-electron chi connectivity index (χ2n) is 12.8. The van der Waals surface area contributed by atoms with Gasteiger partial charge < -0.3 is 14.5 Å². The molecule has 7 nitrogen and oxygen atoms in total. The molecule has 44 heavy (non-hydrogen) atoms. The summed E-state index contributed by atoms with van der Waals surface area (Å²) in [5, 5.41) is 0.963. The maximum atomic E-state index is 14.7. The smallest absolute Gasteiger partial charge is 0.410 e. The van der Waals surface area contributed by atoms with Crippen molar-refractivity contribution in [1.82, 2.24) is 14.4 Å². The standard InChI is InChI=1S/C37H39N3O4/c1-25(41)39-22-29(32-15-8-9-16-34(32)39)23-40(30-17-18-30)35(42)33-24-38(36(43)44-37(2,3)4)20-19-31(33)28-14-10-13-27(21-28)26-11-6-5-7-12-26/h5-16,21-22,30H,17-20,23-24H2,1-4H3. The largest absolute Gasteiger partial charge is 0.444 e. The zero-order chi connectivity index (χ0) is 31.0. The van der Waals surface area contributed by atoms with Crippen LogP contribution in [0, 0.1) is 0 Å². The summed E-state index contributed by atoms with van der Waals surface area (Å²) in [6.07, 6.45) is 3.85. The molecule has 1 aliphatic carbocycles. The number of carbonyl (C=O) groups is 3. The molecule has 0 radical (unpaired) electrons. The van der Waals surface area contributed by atoms with Gasteiger partial charge in [0.2, 0.25) is 5.91 Å². The fourth-order valence-electron chi connectivity index (χ4n) is 6.02. The van der Waals surface area contributed by atoms with E-state index in [4.69, 9.17) is 4.74 Å². The van der Waals surface area contributed by atoms with Crippen LogP contribution in [-0.4, -0.2) is 57.0 Å². The number of benzene rings is 3. The third kappa shape index (κ3) is 6.18. The first kappa shape index (κ1) is 29.4. The second-order valence-corrected chi connectivity index (χ2v) is 12.8. The summed E-state index contributed by atoms with van der Waals surface area (Å²) in [5.74, 6) is -0.138. The van der Waals surface area contributed by atoms with Gasteiger partial charge in [0.05, 0.1) is 12.1 Å². The highest BCUT2D eigenvalue weighted by atomic mass is 16.6. The zero-order valence-corrected chi connectivity index (χ0v) is 25.9. The van der Waals surface area contributed by atoms with E-state index in [1.807, 2.05) is 80.4 Å². The molecule has 1 aliphatic heterocycles. The quantitative estimate of drug-likeness (QED) is 0.233. The van der Waals surface area contributed by atoms with Gasteiger partial charge in [-0.15, -0.1) is 0 Å². The molecule has 7 heteroatoms. The Balaban J connectivity index is 1.40. The highest BCUT2D eigenvalue weighted by Crippen LogP contribution is 2.36. The van der Waals surface area contributed by atoms with E-state index in [9.17, 15) is 14.4 Å². The minimum absolute atomic E-state index is 0.0690. The van der Waals surface area contributed by atoms with Crippen LogP contribution >= 0.6 is 0 Å². The van der Waals surface area contributed by atoms with Crippen LogP contribution in [0.2, 0.25) is 0 Å². The Bertz CT molecular complexity index is 1760. The van der Waals surface area contributed by atoms with E-state index in [-0.39, 0.29) is 24.4 Å². The molecule has 3 aromatic carbocycles. The molecule has 1 saturated carbocycles. The molecule has 1 fully saturated rings. The predicted molar refractivity (Wildman–Crippen MR) is 173 cm³/mol. The van der Waals surface area contributed by atoms with Gasteiger partial charge in [0.15, 0.2) is 0 Å². The Morgan fingerprint density at radius 2 is 1.57 bits per heavy atom. The SMILES string of the molecule is CC(=O)n1cc(CN(C(=O)C2=C(c3cccc(-c4ccccc4)c3)CCN(C(=O)OC(C)(C)C)C2)C2CC2)c2ccccc21. The van der Waals surface area contributed by atoms with Crippen LogP contribution in [0.1, 0.15) is 62.9 Å². The van der Waals surface area contributed by atoms with E-state index in [1.165, 1.54) is 0 Å². The maximum absolute atomic E-state index is 14.7. The minimum Gasteiger partial charge on any atom is -0.444 e. The molecular weight excluding hydrogens is 550 g/mol. The van der Waals surface area contributed by atoms with E-state index in [0.29, 0.717) is 25.1 Å². The molecule has 226 valence electrons. The third-order valence-corrected chi connectivity index (χ3v) is 8.30. The Morgan fingerprint density at radius 1 is 0.886 bits per heavy atom. The molecule has 2 amide bonds. The predicted octanol–water partition coefficient (Wildman–Crippen LogP) is 7.55. The van der Waals surface area contributed by atoms with E-state index >= 15 is 0 Å². The van der Waals surface area contributed by atoms with Crippen molar-refractivity contribution >= 4 is 34.4 Å².